The smallest absolute Gasteiger partial charge is 0.237 e. The fourth-order valence-electron chi connectivity index (χ4n) is 3.29. The number of hydrogen-bond donors (Lipinski definition) is 1. The van der Waals surface area contributed by atoms with Crippen LogP contribution in [0.4, 0.5) is 0 Å². The lowest BCUT2D eigenvalue weighted by atomic mass is 10.1. The molecule has 2 aromatic carbocycles. The first-order valence-corrected chi connectivity index (χ1v) is 8.90. The van der Waals surface area contributed by atoms with Gasteiger partial charge in [-0.3, -0.25) is 14.5 Å². The molecule has 0 aromatic heterocycles. The van der Waals surface area contributed by atoms with E-state index in [0.29, 0.717) is 17.9 Å². The number of nitrogens with zero attached hydrogens (tertiary/aromatic N) is 1. The highest BCUT2D eigenvalue weighted by Crippen LogP contribution is 2.19. The van der Waals surface area contributed by atoms with Gasteiger partial charge in [0.2, 0.25) is 5.91 Å². The Morgan fingerprint density at radius 3 is 2.73 bits per heavy atom. The maximum absolute atomic E-state index is 12.6. The Hall–Kier alpha value is -2.66. The highest BCUT2D eigenvalue weighted by Gasteiger charge is 2.31. The highest BCUT2D eigenvalue weighted by molar-refractivity contribution is 5.98. The maximum atomic E-state index is 12.6. The molecule has 1 fully saturated rings. The molecule has 0 radical (unpaired) electrons. The summed E-state index contributed by atoms with van der Waals surface area (Å²) >= 11 is 0. The average molecular weight is 352 g/mol. The number of amides is 1. The summed E-state index contributed by atoms with van der Waals surface area (Å²) in [7, 11) is 1.58. The third kappa shape index (κ3) is 4.49. The second kappa shape index (κ2) is 8.63. The summed E-state index contributed by atoms with van der Waals surface area (Å²) in [5.74, 6) is 0.658. The minimum Gasteiger partial charge on any atom is -0.497 e. The number of Topliss-reactive ketones (excluding diaryl/α,β-unsaturated/α-hetero) is 1. The summed E-state index contributed by atoms with van der Waals surface area (Å²) in [6.07, 6.45) is 1.71. The normalized spacial score (nSPS) is 17.0. The molecule has 5 nitrogen and oxygen atoms in total. The predicted octanol–water partition coefficient (Wildman–Crippen LogP) is 2.66. The number of methoxy groups -OCH3 is 1. The fraction of sp³-hybridized carbons (Fsp3) is 0.333. The molecule has 2 aromatic rings. The maximum Gasteiger partial charge on any atom is 0.237 e. The van der Waals surface area contributed by atoms with E-state index < -0.39 is 0 Å². The molecule has 0 spiro atoms. The zero-order valence-electron chi connectivity index (χ0n) is 15.0. The van der Waals surface area contributed by atoms with Crippen molar-refractivity contribution in [3.05, 3.63) is 65.7 Å². The van der Waals surface area contributed by atoms with Crippen LogP contribution in [0.5, 0.6) is 5.75 Å². The third-order valence-corrected chi connectivity index (χ3v) is 4.71. The zero-order chi connectivity index (χ0) is 18.4. The lowest BCUT2D eigenvalue weighted by Crippen LogP contribution is -2.44. The van der Waals surface area contributed by atoms with Crippen molar-refractivity contribution >= 4 is 11.7 Å². The largest absolute Gasteiger partial charge is 0.497 e. The second-order valence-electron chi connectivity index (χ2n) is 6.49. The van der Waals surface area contributed by atoms with Crippen LogP contribution in [-0.4, -0.2) is 42.8 Å². The van der Waals surface area contributed by atoms with Gasteiger partial charge in [0, 0.05) is 12.1 Å². The molecule has 1 saturated heterocycles. The number of nitrogens with one attached hydrogen (secondary N) is 1. The third-order valence-electron chi connectivity index (χ3n) is 4.71. The molecule has 1 aliphatic heterocycles. The van der Waals surface area contributed by atoms with Gasteiger partial charge in [0.15, 0.2) is 5.78 Å². The lowest BCUT2D eigenvalue weighted by molar-refractivity contribution is -0.125. The van der Waals surface area contributed by atoms with Crippen molar-refractivity contribution in [2.45, 2.75) is 25.4 Å². The Morgan fingerprint density at radius 1 is 1.15 bits per heavy atom. The molecule has 1 heterocycles. The average Bonchev–Trinajstić information content (AvgIpc) is 3.15. The van der Waals surface area contributed by atoms with E-state index in [4.69, 9.17) is 4.74 Å². The van der Waals surface area contributed by atoms with E-state index in [9.17, 15) is 9.59 Å². The fourth-order valence-corrected chi connectivity index (χ4v) is 3.29. The van der Waals surface area contributed by atoms with Gasteiger partial charge in [-0.15, -0.1) is 0 Å². The van der Waals surface area contributed by atoms with Crippen molar-refractivity contribution in [3.63, 3.8) is 0 Å². The molecule has 1 amide bonds. The number of ether oxygens (including phenoxy) is 1. The molecule has 136 valence electrons. The Kier molecular flexibility index (Phi) is 6.02. The number of benzene rings is 2. The van der Waals surface area contributed by atoms with Crippen LogP contribution < -0.4 is 10.1 Å². The van der Waals surface area contributed by atoms with Crippen LogP contribution in [0.1, 0.15) is 28.8 Å². The van der Waals surface area contributed by atoms with Crippen LogP contribution in [-0.2, 0) is 11.3 Å². The van der Waals surface area contributed by atoms with Crippen LogP contribution in [0.2, 0.25) is 0 Å². The number of rotatable bonds is 7. The van der Waals surface area contributed by atoms with Crippen LogP contribution in [0.3, 0.4) is 0 Å². The van der Waals surface area contributed by atoms with Crippen molar-refractivity contribution in [3.8, 4) is 5.75 Å². The summed E-state index contributed by atoms with van der Waals surface area (Å²) in [4.78, 5) is 27.1. The topological polar surface area (TPSA) is 58.6 Å². The van der Waals surface area contributed by atoms with E-state index in [1.807, 2.05) is 41.3 Å². The summed E-state index contributed by atoms with van der Waals surface area (Å²) in [5, 5.41) is 2.99. The summed E-state index contributed by atoms with van der Waals surface area (Å²) in [6, 6.07) is 16.7. The molecular formula is C21H24N2O3. The zero-order valence-corrected chi connectivity index (χ0v) is 15.0. The Bertz CT molecular complexity index is 761. The Morgan fingerprint density at radius 2 is 1.96 bits per heavy atom. The molecule has 26 heavy (non-hydrogen) atoms. The summed E-state index contributed by atoms with van der Waals surface area (Å²) < 4.78 is 5.18. The highest BCUT2D eigenvalue weighted by atomic mass is 16.5. The van der Waals surface area contributed by atoms with Crippen LogP contribution >= 0.6 is 0 Å². The van der Waals surface area contributed by atoms with E-state index >= 15 is 0 Å². The molecule has 0 saturated carbocycles. The van der Waals surface area contributed by atoms with E-state index in [1.165, 1.54) is 0 Å². The molecule has 0 unspecified atom stereocenters. The van der Waals surface area contributed by atoms with Gasteiger partial charge in [0.25, 0.3) is 0 Å². The monoisotopic (exact) mass is 352 g/mol. The number of likely N-dealkylation sites (tertiary alicyclic amines) is 1. The van der Waals surface area contributed by atoms with E-state index in [0.717, 1.165) is 24.9 Å². The minimum absolute atomic E-state index is 0.00617. The van der Waals surface area contributed by atoms with Crippen LogP contribution in [0, 0.1) is 0 Å². The van der Waals surface area contributed by atoms with Crippen molar-refractivity contribution in [2.75, 3.05) is 20.2 Å². The Balaban J connectivity index is 1.58. The quantitative estimate of drug-likeness (QED) is 0.779. The predicted molar refractivity (Wildman–Crippen MR) is 100 cm³/mol. The van der Waals surface area contributed by atoms with Crippen LogP contribution in [0.25, 0.3) is 0 Å². The number of ketones is 1. The molecular weight excluding hydrogens is 328 g/mol. The Labute approximate surface area is 154 Å². The molecule has 3 rings (SSSR count). The van der Waals surface area contributed by atoms with Crippen molar-refractivity contribution in [1.29, 1.82) is 0 Å². The SMILES string of the molecule is COc1cccc(C(=O)CN2CCC[C@H]2C(=O)NCc2ccccc2)c1. The van der Waals surface area contributed by atoms with E-state index in [-0.39, 0.29) is 24.3 Å². The molecule has 0 aliphatic carbocycles. The van der Waals surface area contributed by atoms with Crippen LogP contribution in [0.15, 0.2) is 54.6 Å². The van der Waals surface area contributed by atoms with E-state index in [1.54, 1.807) is 25.3 Å². The van der Waals surface area contributed by atoms with Gasteiger partial charge in [-0.25, -0.2) is 0 Å². The first kappa shape index (κ1) is 18.1. The summed E-state index contributed by atoms with van der Waals surface area (Å²) in [5.41, 5.74) is 1.68. The first-order chi connectivity index (χ1) is 12.7. The van der Waals surface area contributed by atoms with Crippen molar-refractivity contribution < 1.29 is 14.3 Å². The molecule has 0 bridgehead atoms. The van der Waals surface area contributed by atoms with Gasteiger partial charge < -0.3 is 10.1 Å². The lowest BCUT2D eigenvalue weighted by Gasteiger charge is -2.23. The van der Waals surface area contributed by atoms with Crippen molar-refractivity contribution in [2.24, 2.45) is 0 Å². The molecule has 1 aliphatic rings. The number of carbonyl (C=O) groups is 2. The minimum atomic E-state index is -0.242. The number of carbonyl (C=O) groups excluding carboxylic acids is 2. The molecule has 1 N–H and O–H groups in total. The first-order valence-electron chi connectivity index (χ1n) is 8.90. The van der Waals surface area contributed by atoms with Gasteiger partial charge in [-0.1, -0.05) is 42.5 Å². The van der Waals surface area contributed by atoms with Gasteiger partial charge >= 0.3 is 0 Å². The summed E-state index contributed by atoms with van der Waals surface area (Å²) in [6.45, 7) is 1.52. The van der Waals surface area contributed by atoms with Gasteiger partial charge in [-0.2, -0.15) is 0 Å². The van der Waals surface area contributed by atoms with E-state index in [2.05, 4.69) is 5.32 Å². The van der Waals surface area contributed by atoms with Gasteiger partial charge in [0.05, 0.1) is 19.7 Å². The molecule has 5 heteroatoms. The number of hydrogen-bond acceptors (Lipinski definition) is 4. The second-order valence-corrected chi connectivity index (χ2v) is 6.49. The van der Waals surface area contributed by atoms with Crippen molar-refractivity contribution in [1.82, 2.24) is 10.2 Å². The van der Waals surface area contributed by atoms with Gasteiger partial charge in [0.1, 0.15) is 5.75 Å². The molecule has 1 atom stereocenters. The standard InChI is InChI=1S/C21H24N2O3/c1-26-18-10-5-9-17(13-18)20(24)15-23-12-6-11-19(23)21(25)22-14-16-7-3-2-4-8-16/h2-5,7-10,13,19H,6,11-12,14-15H2,1H3,(H,22,25)/t19-/m0/s1. The van der Waals surface area contributed by atoms with Gasteiger partial charge in [-0.05, 0) is 37.1 Å².